The van der Waals surface area contributed by atoms with Crippen molar-refractivity contribution in [1.82, 2.24) is 15.1 Å². The van der Waals surface area contributed by atoms with E-state index in [1.165, 1.54) is 38.1 Å². The van der Waals surface area contributed by atoms with Crippen molar-refractivity contribution in [3.8, 4) is 0 Å². The second kappa shape index (κ2) is 10.3. The standard InChI is InChI=1S/C17H34N4S.HI/c1-5-18-16(21-12-13-22-17(2,3)14-21)19-9-6-15-7-10-20(4)11-8-15;/h15H,5-14H2,1-4H3,(H,18,19);1H. The molecule has 0 radical (unpaired) electrons. The van der Waals surface area contributed by atoms with E-state index in [1.54, 1.807) is 0 Å². The number of guanidine groups is 1. The van der Waals surface area contributed by atoms with E-state index in [0.717, 1.165) is 38.1 Å². The van der Waals surface area contributed by atoms with Gasteiger partial charge in [-0.1, -0.05) is 0 Å². The van der Waals surface area contributed by atoms with Crippen molar-refractivity contribution in [1.29, 1.82) is 0 Å². The van der Waals surface area contributed by atoms with Gasteiger partial charge in [-0.05, 0) is 66.1 Å². The second-order valence-corrected chi connectivity index (χ2v) is 9.10. The van der Waals surface area contributed by atoms with Crippen LogP contribution in [-0.4, -0.2) is 72.6 Å². The lowest BCUT2D eigenvalue weighted by Crippen LogP contribution is -2.51. The Hall–Kier alpha value is 0.310. The molecule has 2 aliphatic heterocycles. The van der Waals surface area contributed by atoms with Crippen molar-refractivity contribution < 1.29 is 0 Å². The third-order valence-electron chi connectivity index (χ3n) is 4.70. The van der Waals surface area contributed by atoms with Crippen LogP contribution >= 0.6 is 35.7 Å². The first kappa shape index (κ1) is 21.4. The highest BCUT2D eigenvalue weighted by Gasteiger charge is 2.28. The Morgan fingerprint density at radius 3 is 2.57 bits per heavy atom. The smallest absolute Gasteiger partial charge is 0.193 e. The molecule has 0 aromatic carbocycles. The van der Waals surface area contributed by atoms with E-state index >= 15 is 0 Å². The number of thioether (sulfide) groups is 1. The molecule has 2 rings (SSSR count). The molecule has 1 N–H and O–H groups in total. The number of piperidine rings is 1. The molecule has 0 amide bonds. The van der Waals surface area contributed by atoms with Gasteiger partial charge in [-0.25, -0.2) is 0 Å². The van der Waals surface area contributed by atoms with Gasteiger partial charge in [-0.3, -0.25) is 4.99 Å². The Bertz CT molecular complexity index is 368. The number of aliphatic imine (C=N–C) groups is 1. The monoisotopic (exact) mass is 454 g/mol. The molecule has 0 spiro atoms. The molecule has 2 aliphatic rings. The third kappa shape index (κ3) is 7.38. The molecular weight excluding hydrogens is 419 g/mol. The van der Waals surface area contributed by atoms with Gasteiger partial charge in [0, 0.05) is 36.7 Å². The lowest BCUT2D eigenvalue weighted by atomic mass is 9.94. The van der Waals surface area contributed by atoms with Crippen LogP contribution in [0.4, 0.5) is 0 Å². The molecule has 2 heterocycles. The fourth-order valence-corrected chi connectivity index (χ4v) is 4.44. The summed E-state index contributed by atoms with van der Waals surface area (Å²) < 4.78 is 0.336. The summed E-state index contributed by atoms with van der Waals surface area (Å²) in [5.74, 6) is 3.20. The van der Waals surface area contributed by atoms with Crippen molar-refractivity contribution in [2.45, 2.75) is 44.8 Å². The topological polar surface area (TPSA) is 30.9 Å². The lowest BCUT2D eigenvalue weighted by Gasteiger charge is -2.39. The van der Waals surface area contributed by atoms with E-state index in [2.05, 4.69) is 54.7 Å². The van der Waals surface area contributed by atoms with Gasteiger partial charge in [0.05, 0.1) is 0 Å². The van der Waals surface area contributed by atoms with E-state index in [-0.39, 0.29) is 24.0 Å². The minimum absolute atomic E-state index is 0. The molecule has 6 heteroatoms. The van der Waals surface area contributed by atoms with E-state index in [9.17, 15) is 0 Å². The van der Waals surface area contributed by atoms with Crippen LogP contribution in [0.2, 0.25) is 0 Å². The maximum atomic E-state index is 4.92. The van der Waals surface area contributed by atoms with Crippen molar-refractivity contribution in [2.24, 2.45) is 10.9 Å². The van der Waals surface area contributed by atoms with Crippen LogP contribution in [0.1, 0.15) is 40.0 Å². The lowest BCUT2D eigenvalue weighted by molar-refractivity contribution is 0.214. The molecule has 2 saturated heterocycles. The van der Waals surface area contributed by atoms with Gasteiger partial charge >= 0.3 is 0 Å². The van der Waals surface area contributed by atoms with Gasteiger partial charge in [-0.2, -0.15) is 11.8 Å². The summed E-state index contributed by atoms with van der Waals surface area (Å²) in [6.45, 7) is 13.5. The largest absolute Gasteiger partial charge is 0.357 e. The summed E-state index contributed by atoms with van der Waals surface area (Å²) in [6, 6.07) is 0. The molecule has 136 valence electrons. The van der Waals surface area contributed by atoms with Crippen LogP contribution in [-0.2, 0) is 0 Å². The molecule has 0 aromatic heterocycles. The van der Waals surface area contributed by atoms with Crippen molar-refractivity contribution in [2.75, 3.05) is 52.1 Å². The highest BCUT2D eigenvalue weighted by molar-refractivity contribution is 14.0. The fourth-order valence-electron chi connectivity index (χ4n) is 3.33. The zero-order valence-corrected chi connectivity index (χ0v) is 18.5. The number of hydrogen-bond acceptors (Lipinski definition) is 3. The Morgan fingerprint density at radius 1 is 1.26 bits per heavy atom. The Kier molecular flexibility index (Phi) is 9.59. The summed E-state index contributed by atoms with van der Waals surface area (Å²) >= 11 is 2.08. The average Bonchev–Trinajstić information content (AvgIpc) is 2.47. The van der Waals surface area contributed by atoms with Gasteiger partial charge in [-0.15, -0.1) is 24.0 Å². The zero-order chi connectivity index (χ0) is 16.0. The summed E-state index contributed by atoms with van der Waals surface area (Å²) in [6.07, 6.45) is 3.93. The minimum atomic E-state index is 0. The highest BCUT2D eigenvalue weighted by Crippen LogP contribution is 2.29. The van der Waals surface area contributed by atoms with Crippen LogP contribution < -0.4 is 5.32 Å². The number of nitrogens with one attached hydrogen (secondary N) is 1. The van der Waals surface area contributed by atoms with E-state index in [1.807, 2.05) is 0 Å². The first-order chi connectivity index (χ1) is 10.5. The van der Waals surface area contributed by atoms with E-state index < -0.39 is 0 Å². The zero-order valence-electron chi connectivity index (χ0n) is 15.3. The van der Waals surface area contributed by atoms with Crippen LogP contribution in [0.15, 0.2) is 4.99 Å². The van der Waals surface area contributed by atoms with Crippen molar-refractivity contribution >= 4 is 41.7 Å². The fraction of sp³-hybridized carbons (Fsp3) is 0.941. The van der Waals surface area contributed by atoms with Crippen molar-refractivity contribution in [3.63, 3.8) is 0 Å². The molecule has 0 saturated carbocycles. The van der Waals surface area contributed by atoms with Crippen LogP contribution in [0, 0.1) is 5.92 Å². The summed E-state index contributed by atoms with van der Waals surface area (Å²) in [5.41, 5.74) is 0. The maximum absolute atomic E-state index is 4.92. The Balaban J connectivity index is 0.00000264. The first-order valence-electron chi connectivity index (χ1n) is 8.86. The Morgan fingerprint density at radius 2 is 1.96 bits per heavy atom. The summed E-state index contributed by atoms with van der Waals surface area (Å²) in [7, 11) is 2.23. The first-order valence-corrected chi connectivity index (χ1v) is 9.84. The molecule has 0 bridgehead atoms. The summed E-state index contributed by atoms with van der Waals surface area (Å²) in [5, 5.41) is 3.49. The van der Waals surface area contributed by atoms with E-state index in [0.29, 0.717) is 4.75 Å². The summed E-state index contributed by atoms with van der Waals surface area (Å²) in [4.78, 5) is 9.82. The number of halogens is 1. The molecule has 2 fully saturated rings. The minimum Gasteiger partial charge on any atom is -0.357 e. The van der Waals surface area contributed by atoms with Gasteiger partial charge in [0.25, 0.3) is 0 Å². The molecule has 0 atom stereocenters. The van der Waals surface area contributed by atoms with Crippen LogP contribution in [0.3, 0.4) is 0 Å². The number of hydrogen-bond donors (Lipinski definition) is 1. The normalized spacial score (nSPS) is 23.5. The Labute approximate surface area is 164 Å². The quantitative estimate of drug-likeness (QED) is 0.402. The van der Waals surface area contributed by atoms with Gasteiger partial charge < -0.3 is 15.1 Å². The van der Waals surface area contributed by atoms with Gasteiger partial charge in [0.1, 0.15) is 0 Å². The number of likely N-dealkylation sites (tertiary alicyclic amines) is 1. The van der Waals surface area contributed by atoms with Crippen molar-refractivity contribution in [3.05, 3.63) is 0 Å². The molecule has 4 nitrogen and oxygen atoms in total. The predicted octanol–water partition coefficient (Wildman–Crippen LogP) is 3.13. The average molecular weight is 454 g/mol. The van der Waals surface area contributed by atoms with E-state index in [4.69, 9.17) is 4.99 Å². The molecule has 23 heavy (non-hydrogen) atoms. The highest BCUT2D eigenvalue weighted by atomic mass is 127. The van der Waals surface area contributed by atoms with Gasteiger partial charge in [0.15, 0.2) is 5.96 Å². The molecule has 0 aliphatic carbocycles. The SMILES string of the molecule is CCNC(=NCCC1CCN(C)CC1)N1CCSC(C)(C)C1.I. The van der Waals surface area contributed by atoms with Crippen LogP contribution in [0.25, 0.3) is 0 Å². The molecular formula is C17H35IN4S. The predicted molar refractivity (Wildman–Crippen MR) is 114 cm³/mol. The van der Waals surface area contributed by atoms with Gasteiger partial charge in [0.2, 0.25) is 0 Å². The second-order valence-electron chi connectivity index (χ2n) is 7.30. The van der Waals surface area contributed by atoms with Crippen LogP contribution in [0.5, 0.6) is 0 Å². The molecule has 0 aromatic rings. The third-order valence-corrected chi connectivity index (χ3v) is 5.99. The molecule has 0 unspecified atom stereocenters. The maximum Gasteiger partial charge on any atom is 0.193 e. The number of nitrogens with zero attached hydrogens (tertiary/aromatic N) is 3. The number of rotatable bonds is 4.